The number of carbonyl (C=O) groups is 1. The first-order chi connectivity index (χ1) is 9.32. The summed E-state index contributed by atoms with van der Waals surface area (Å²) in [7, 11) is 0. The highest BCUT2D eigenvalue weighted by atomic mass is 127. The van der Waals surface area contributed by atoms with Crippen LogP contribution >= 0.6 is 22.6 Å². The number of rotatable bonds is 4. The zero-order valence-corrected chi connectivity index (χ0v) is 14.6. The molecule has 2 unspecified atom stereocenters. The molecule has 0 aliphatic heterocycles. The third-order valence-electron chi connectivity index (χ3n) is 3.95. The molecule has 1 aliphatic carbocycles. The molecule has 0 saturated heterocycles. The van der Waals surface area contributed by atoms with Gasteiger partial charge in [0.05, 0.1) is 5.92 Å². The SMILES string of the molecule is CC(C)=CC1C(C(=O)OCc2cccc(I)c2)C1(C)C. The van der Waals surface area contributed by atoms with E-state index in [1.54, 1.807) is 0 Å². The van der Waals surface area contributed by atoms with E-state index in [2.05, 4.69) is 56.4 Å². The second-order valence-corrected chi connectivity index (χ2v) is 7.55. The van der Waals surface area contributed by atoms with Gasteiger partial charge >= 0.3 is 5.97 Å². The van der Waals surface area contributed by atoms with E-state index in [1.165, 1.54) is 5.57 Å². The van der Waals surface area contributed by atoms with Crippen molar-refractivity contribution in [3.05, 3.63) is 45.0 Å². The lowest BCUT2D eigenvalue weighted by molar-refractivity contribution is -0.147. The highest BCUT2D eigenvalue weighted by Gasteiger charge is 2.61. The number of carbonyl (C=O) groups excluding carboxylic acids is 1. The van der Waals surface area contributed by atoms with E-state index in [9.17, 15) is 4.79 Å². The van der Waals surface area contributed by atoms with Gasteiger partial charge in [-0.3, -0.25) is 4.79 Å². The second-order valence-electron chi connectivity index (χ2n) is 6.31. The second kappa shape index (κ2) is 5.88. The van der Waals surface area contributed by atoms with E-state index in [4.69, 9.17) is 4.74 Å². The smallest absolute Gasteiger partial charge is 0.310 e. The first kappa shape index (κ1) is 15.5. The van der Waals surface area contributed by atoms with Crippen LogP contribution in [0, 0.1) is 20.8 Å². The third kappa shape index (κ3) is 3.43. The van der Waals surface area contributed by atoms with E-state index in [0.29, 0.717) is 12.5 Å². The Morgan fingerprint density at radius 1 is 1.40 bits per heavy atom. The Morgan fingerprint density at radius 3 is 2.70 bits per heavy atom. The van der Waals surface area contributed by atoms with Crippen molar-refractivity contribution in [2.45, 2.75) is 34.3 Å². The fourth-order valence-corrected chi connectivity index (χ4v) is 3.28. The number of benzene rings is 1. The summed E-state index contributed by atoms with van der Waals surface area (Å²) in [6, 6.07) is 8.04. The highest BCUT2D eigenvalue weighted by molar-refractivity contribution is 14.1. The average Bonchev–Trinajstić information content (AvgIpc) is 2.87. The van der Waals surface area contributed by atoms with E-state index in [-0.39, 0.29) is 17.3 Å². The zero-order valence-electron chi connectivity index (χ0n) is 12.4. The van der Waals surface area contributed by atoms with Gasteiger partial charge in [0.2, 0.25) is 0 Å². The van der Waals surface area contributed by atoms with Gasteiger partial charge in [0, 0.05) is 3.57 Å². The molecule has 0 N–H and O–H groups in total. The molecular formula is C17H21IO2. The summed E-state index contributed by atoms with van der Waals surface area (Å²) in [5.74, 6) is 0.243. The molecule has 0 radical (unpaired) electrons. The number of ether oxygens (including phenoxy) is 1. The average molecular weight is 384 g/mol. The van der Waals surface area contributed by atoms with Crippen molar-refractivity contribution in [1.82, 2.24) is 0 Å². The summed E-state index contributed by atoms with van der Waals surface area (Å²) < 4.78 is 6.64. The summed E-state index contributed by atoms with van der Waals surface area (Å²) in [5, 5.41) is 0. The van der Waals surface area contributed by atoms with Crippen LogP contribution in [0.25, 0.3) is 0 Å². The van der Waals surface area contributed by atoms with Crippen LogP contribution in [0.4, 0.5) is 0 Å². The van der Waals surface area contributed by atoms with E-state index in [0.717, 1.165) is 9.13 Å². The number of esters is 1. The van der Waals surface area contributed by atoms with Crippen molar-refractivity contribution in [2.75, 3.05) is 0 Å². The molecule has 1 aromatic rings. The zero-order chi connectivity index (χ0) is 14.9. The highest BCUT2D eigenvalue weighted by Crippen LogP contribution is 2.59. The fraction of sp³-hybridized carbons (Fsp3) is 0.471. The summed E-state index contributed by atoms with van der Waals surface area (Å²) >= 11 is 2.26. The Bertz CT molecular complexity index is 542. The standard InChI is InChI=1S/C17H21IO2/c1-11(2)8-14-15(17(14,3)4)16(19)20-10-12-6-5-7-13(18)9-12/h5-9,14-15H,10H2,1-4H3. The number of halogens is 1. The van der Waals surface area contributed by atoms with Crippen LogP contribution in [-0.2, 0) is 16.1 Å². The van der Waals surface area contributed by atoms with Crippen LogP contribution < -0.4 is 0 Å². The van der Waals surface area contributed by atoms with Gasteiger partial charge in [-0.25, -0.2) is 0 Å². The van der Waals surface area contributed by atoms with Crippen molar-refractivity contribution in [3.63, 3.8) is 0 Å². The minimum absolute atomic E-state index is 0.000171. The lowest BCUT2D eigenvalue weighted by Gasteiger charge is -2.06. The van der Waals surface area contributed by atoms with Gasteiger partial charge in [0.1, 0.15) is 6.61 Å². The Morgan fingerprint density at radius 2 is 2.10 bits per heavy atom. The molecule has 2 nitrogen and oxygen atoms in total. The lowest BCUT2D eigenvalue weighted by Crippen LogP contribution is -2.10. The minimum atomic E-state index is -0.0728. The molecule has 1 fully saturated rings. The predicted octanol–water partition coefficient (Wildman–Crippen LogP) is 4.57. The molecule has 0 amide bonds. The number of hydrogen-bond donors (Lipinski definition) is 0. The van der Waals surface area contributed by atoms with E-state index < -0.39 is 0 Å². The Labute approximate surface area is 134 Å². The molecule has 108 valence electrons. The topological polar surface area (TPSA) is 26.3 Å². The van der Waals surface area contributed by atoms with Gasteiger partial charge in [0.25, 0.3) is 0 Å². The summed E-state index contributed by atoms with van der Waals surface area (Å²) in [6.45, 7) is 8.78. The Hall–Kier alpha value is -0.840. The van der Waals surface area contributed by atoms with Gasteiger partial charge in [-0.1, -0.05) is 37.6 Å². The van der Waals surface area contributed by atoms with Crippen LogP contribution in [0.1, 0.15) is 33.3 Å². The summed E-state index contributed by atoms with van der Waals surface area (Å²) in [5.41, 5.74) is 2.33. The van der Waals surface area contributed by atoms with E-state index >= 15 is 0 Å². The van der Waals surface area contributed by atoms with Crippen LogP contribution in [0.3, 0.4) is 0 Å². The molecule has 0 bridgehead atoms. The Balaban J connectivity index is 1.95. The molecule has 2 rings (SSSR count). The fourth-order valence-electron chi connectivity index (χ4n) is 2.67. The van der Waals surface area contributed by atoms with Crippen molar-refractivity contribution in [2.24, 2.45) is 17.3 Å². The van der Waals surface area contributed by atoms with Crippen molar-refractivity contribution >= 4 is 28.6 Å². The third-order valence-corrected chi connectivity index (χ3v) is 4.62. The van der Waals surface area contributed by atoms with Crippen LogP contribution in [0.5, 0.6) is 0 Å². The van der Waals surface area contributed by atoms with Crippen LogP contribution in [0.2, 0.25) is 0 Å². The monoisotopic (exact) mass is 384 g/mol. The molecule has 3 heteroatoms. The first-order valence-corrected chi connectivity index (χ1v) is 7.96. The van der Waals surface area contributed by atoms with Gasteiger partial charge in [0.15, 0.2) is 0 Å². The van der Waals surface area contributed by atoms with Gasteiger partial charge in [-0.2, -0.15) is 0 Å². The van der Waals surface area contributed by atoms with Crippen LogP contribution in [-0.4, -0.2) is 5.97 Å². The molecule has 2 atom stereocenters. The maximum Gasteiger partial charge on any atom is 0.310 e. The molecule has 0 spiro atoms. The van der Waals surface area contributed by atoms with Crippen molar-refractivity contribution in [3.8, 4) is 0 Å². The van der Waals surface area contributed by atoms with Gasteiger partial charge < -0.3 is 4.74 Å². The lowest BCUT2D eigenvalue weighted by atomic mass is 10.1. The summed E-state index contributed by atoms with van der Waals surface area (Å²) in [4.78, 5) is 12.2. The summed E-state index contributed by atoms with van der Waals surface area (Å²) in [6.07, 6.45) is 2.19. The quantitative estimate of drug-likeness (QED) is 0.432. The molecule has 0 heterocycles. The maximum atomic E-state index is 12.2. The molecular weight excluding hydrogens is 363 g/mol. The largest absolute Gasteiger partial charge is 0.461 e. The van der Waals surface area contributed by atoms with Crippen LogP contribution in [0.15, 0.2) is 35.9 Å². The molecule has 1 aromatic carbocycles. The van der Waals surface area contributed by atoms with Gasteiger partial charge in [-0.05, 0) is 65.5 Å². The normalized spacial score (nSPS) is 23.1. The predicted molar refractivity (Wildman–Crippen MR) is 89.1 cm³/mol. The minimum Gasteiger partial charge on any atom is -0.461 e. The molecule has 0 aromatic heterocycles. The molecule has 20 heavy (non-hydrogen) atoms. The van der Waals surface area contributed by atoms with Gasteiger partial charge in [-0.15, -0.1) is 0 Å². The van der Waals surface area contributed by atoms with E-state index in [1.807, 2.05) is 24.3 Å². The van der Waals surface area contributed by atoms with Crippen molar-refractivity contribution < 1.29 is 9.53 Å². The number of hydrogen-bond acceptors (Lipinski definition) is 2. The van der Waals surface area contributed by atoms with Crippen molar-refractivity contribution in [1.29, 1.82) is 0 Å². The molecule has 1 aliphatic rings. The first-order valence-electron chi connectivity index (χ1n) is 6.88. The maximum absolute atomic E-state index is 12.2. The number of allylic oxidation sites excluding steroid dienone is 2. The molecule has 1 saturated carbocycles. The Kier molecular flexibility index (Phi) is 4.57.